The molecule has 1 saturated heterocycles. The van der Waals surface area contributed by atoms with Crippen LogP contribution in [0.4, 0.5) is 0 Å². The summed E-state index contributed by atoms with van der Waals surface area (Å²) in [5, 5.41) is 6.91. The van der Waals surface area contributed by atoms with Crippen molar-refractivity contribution in [2.45, 2.75) is 49.1 Å². The molecule has 1 fully saturated rings. The molecule has 2 aromatic carbocycles. The summed E-state index contributed by atoms with van der Waals surface area (Å²) in [6.45, 7) is 6.27. The summed E-state index contributed by atoms with van der Waals surface area (Å²) in [5.74, 6) is 1.14. The summed E-state index contributed by atoms with van der Waals surface area (Å²) >= 11 is 1.77. The van der Waals surface area contributed by atoms with Gasteiger partial charge in [-0.2, -0.15) is 0 Å². The summed E-state index contributed by atoms with van der Waals surface area (Å²) in [6.07, 6.45) is 1.90. The van der Waals surface area contributed by atoms with Crippen molar-refractivity contribution in [2.24, 2.45) is 10.9 Å². The Balaban J connectivity index is 1.44. The van der Waals surface area contributed by atoms with Crippen LogP contribution in [0.15, 0.2) is 69.4 Å². The van der Waals surface area contributed by atoms with E-state index >= 15 is 0 Å². The fourth-order valence-corrected chi connectivity index (χ4v) is 4.32. The molecule has 2 N–H and O–H groups in total. The Labute approximate surface area is 184 Å². The van der Waals surface area contributed by atoms with Crippen molar-refractivity contribution < 1.29 is 4.79 Å². The van der Waals surface area contributed by atoms with Crippen molar-refractivity contribution in [1.29, 1.82) is 0 Å². The molecule has 1 aliphatic heterocycles. The quantitative estimate of drug-likeness (QED) is 0.540. The minimum Gasteiger partial charge on any atom is -0.354 e. The minimum atomic E-state index is 0.0708. The van der Waals surface area contributed by atoms with Crippen molar-refractivity contribution in [3.8, 4) is 0 Å². The van der Waals surface area contributed by atoms with Crippen LogP contribution in [0.3, 0.4) is 0 Å². The highest BCUT2D eigenvalue weighted by atomic mass is 32.2. The maximum atomic E-state index is 12.1. The van der Waals surface area contributed by atoms with Gasteiger partial charge in [0.2, 0.25) is 5.91 Å². The topological polar surface area (TPSA) is 56.7 Å². The van der Waals surface area contributed by atoms with Crippen molar-refractivity contribution in [1.82, 2.24) is 15.5 Å². The van der Waals surface area contributed by atoms with Crippen LogP contribution in [-0.4, -0.2) is 42.9 Å². The monoisotopic (exact) mass is 424 g/mol. The number of rotatable bonds is 6. The number of guanidine groups is 1. The zero-order chi connectivity index (χ0) is 21.3. The lowest BCUT2D eigenvalue weighted by Gasteiger charge is -2.34. The number of hydrogen-bond acceptors (Lipinski definition) is 3. The summed E-state index contributed by atoms with van der Waals surface area (Å²) in [6, 6.07) is 19.4. The average Bonchev–Trinajstić information content (AvgIpc) is 2.78. The summed E-state index contributed by atoms with van der Waals surface area (Å²) < 4.78 is 0. The van der Waals surface area contributed by atoms with E-state index in [1.54, 1.807) is 18.8 Å². The van der Waals surface area contributed by atoms with Gasteiger partial charge in [-0.3, -0.25) is 9.79 Å². The fourth-order valence-electron chi connectivity index (χ4n) is 3.48. The molecule has 0 atom stereocenters. The molecule has 0 aliphatic carbocycles. The molecule has 5 nitrogen and oxygen atoms in total. The van der Waals surface area contributed by atoms with Gasteiger partial charge in [0, 0.05) is 48.4 Å². The molecule has 3 rings (SSSR count). The van der Waals surface area contributed by atoms with Crippen molar-refractivity contribution in [3.63, 3.8) is 0 Å². The molecule has 160 valence electrons. The molecule has 0 radical (unpaired) electrons. The highest BCUT2D eigenvalue weighted by molar-refractivity contribution is 7.99. The third kappa shape index (κ3) is 6.52. The Kier molecular flexibility index (Phi) is 8.20. The number of benzene rings is 2. The number of piperidine rings is 1. The van der Waals surface area contributed by atoms with Gasteiger partial charge < -0.3 is 15.5 Å². The van der Waals surface area contributed by atoms with Crippen LogP contribution in [0.2, 0.25) is 0 Å². The van der Waals surface area contributed by atoms with Gasteiger partial charge >= 0.3 is 0 Å². The van der Waals surface area contributed by atoms with Gasteiger partial charge in [0.05, 0.1) is 0 Å². The van der Waals surface area contributed by atoms with E-state index in [1.165, 1.54) is 15.4 Å². The molecule has 0 bridgehead atoms. The van der Waals surface area contributed by atoms with Crippen LogP contribution in [0.25, 0.3) is 0 Å². The molecule has 1 amide bonds. The van der Waals surface area contributed by atoms with E-state index in [-0.39, 0.29) is 11.8 Å². The summed E-state index contributed by atoms with van der Waals surface area (Å²) in [4.78, 5) is 21.0. The van der Waals surface area contributed by atoms with Crippen molar-refractivity contribution >= 4 is 23.6 Å². The second-order valence-electron chi connectivity index (χ2n) is 7.88. The van der Waals surface area contributed by atoms with Crippen LogP contribution in [0.1, 0.15) is 32.3 Å². The number of carbonyl (C=O) groups excluding carboxylic acids is 1. The standard InChI is InChI=1S/C24H32N4OS/c1-18(2)23(29)28-15-13-20(14-16-28)27-24(25-3)26-17-19-9-11-22(12-10-19)30-21-7-5-4-6-8-21/h4-12,18,20H,13-17H2,1-3H3,(H2,25,26,27). The van der Waals surface area contributed by atoms with E-state index in [4.69, 9.17) is 0 Å². The van der Waals surface area contributed by atoms with Crippen molar-refractivity contribution in [3.05, 3.63) is 60.2 Å². The first-order chi connectivity index (χ1) is 14.5. The molecular weight excluding hydrogens is 392 g/mol. The number of likely N-dealkylation sites (tertiary alicyclic amines) is 1. The molecule has 0 saturated carbocycles. The van der Waals surface area contributed by atoms with Gasteiger partial charge in [-0.15, -0.1) is 0 Å². The third-order valence-electron chi connectivity index (χ3n) is 5.23. The number of carbonyl (C=O) groups is 1. The summed E-state index contributed by atoms with van der Waals surface area (Å²) in [5.41, 5.74) is 1.22. The average molecular weight is 425 g/mol. The van der Waals surface area contributed by atoms with E-state index in [0.717, 1.165) is 38.4 Å². The molecule has 0 aromatic heterocycles. The Morgan fingerprint density at radius 3 is 2.30 bits per heavy atom. The van der Waals surface area contributed by atoms with Crippen LogP contribution < -0.4 is 10.6 Å². The van der Waals surface area contributed by atoms with Crippen LogP contribution in [-0.2, 0) is 11.3 Å². The van der Waals surface area contributed by atoms with Gasteiger partial charge in [0.1, 0.15) is 0 Å². The SMILES string of the molecule is CN=C(NCc1ccc(Sc2ccccc2)cc1)NC1CCN(C(=O)C(C)C)CC1. The van der Waals surface area contributed by atoms with Crippen LogP contribution in [0.5, 0.6) is 0 Å². The first kappa shape index (κ1) is 22.2. The molecule has 1 heterocycles. The molecule has 6 heteroatoms. The third-order valence-corrected chi connectivity index (χ3v) is 6.24. The number of nitrogens with one attached hydrogen (secondary N) is 2. The number of aliphatic imine (C=N–C) groups is 1. The van der Waals surface area contributed by atoms with E-state index in [0.29, 0.717) is 6.04 Å². The van der Waals surface area contributed by atoms with Gasteiger partial charge in [0.15, 0.2) is 5.96 Å². The lowest BCUT2D eigenvalue weighted by Crippen LogP contribution is -2.50. The van der Waals surface area contributed by atoms with E-state index in [1.807, 2.05) is 24.8 Å². The fraction of sp³-hybridized carbons (Fsp3) is 0.417. The van der Waals surface area contributed by atoms with Crippen LogP contribution in [0, 0.1) is 5.92 Å². The highest BCUT2D eigenvalue weighted by Gasteiger charge is 2.24. The first-order valence-electron chi connectivity index (χ1n) is 10.6. The predicted octanol–water partition coefficient (Wildman–Crippen LogP) is 4.15. The summed E-state index contributed by atoms with van der Waals surface area (Å²) in [7, 11) is 1.80. The predicted molar refractivity (Wildman–Crippen MR) is 125 cm³/mol. The Morgan fingerprint density at radius 2 is 1.70 bits per heavy atom. The maximum Gasteiger partial charge on any atom is 0.225 e. The van der Waals surface area contributed by atoms with Gasteiger partial charge in [-0.05, 0) is 42.7 Å². The molecule has 0 spiro atoms. The van der Waals surface area contributed by atoms with Gasteiger partial charge in [-0.25, -0.2) is 0 Å². The number of nitrogens with zero attached hydrogens (tertiary/aromatic N) is 2. The molecule has 30 heavy (non-hydrogen) atoms. The number of hydrogen-bond donors (Lipinski definition) is 2. The van der Waals surface area contributed by atoms with Gasteiger partial charge in [-0.1, -0.05) is 55.9 Å². The molecule has 1 aliphatic rings. The molecule has 0 unspecified atom stereocenters. The largest absolute Gasteiger partial charge is 0.354 e. The Hall–Kier alpha value is -2.47. The maximum absolute atomic E-state index is 12.1. The second-order valence-corrected chi connectivity index (χ2v) is 9.03. The number of amides is 1. The van der Waals surface area contributed by atoms with E-state index in [2.05, 4.69) is 64.2 Å². The second kappa shape index (κ2) is 11.1. The zero-order valence-electron chi connectivity index (χ0n) is 18.1. The lowest BCUT2D eigenvalue weighted by molar-refractivity contribution is -0.135. The van der Waals surface area contributed by atoms with E-state index < -0.39 is 0 Å². The van der Waals surface area contributed by atoms with Crippen LogP contribution >= 0.6 is 11.8 Å². The van der Waals surface area contributed by atoms with Gasteiger partial charge in [0.25, 0.3) is 0 Å². The molecular formula is C24H32N4OS. The normalized spacial score (nSPS) is 15.3. The lowest BCUT2D eigenvalue weighted by atomic mass is 10.0. The minimum absolute atomic E-state index is 0.0708. The van der Waals surface area contributed by atoms with Crippen molar-refractivity contribution in [2.75, 3.05) is 20.1 Å². The smallest absolute Gasteiger partial charge is 0.225 e. The van der Waals surface area contributed by atoms with E-state index in [9.17, 15) is 4.79 Å². The Morgan fingerprint density at radius 1 is 1.07 bits per heavy atom. The highest BCUT2D eigenvalue weighted by Crippen LogP contribution is 2.27. The molecule has 2 aromatic rings. The first-order valence-corrected chi connectivity index (χ1v) is 11.4. The Bertz CT molecular complexity index is 828. The zero-order valence-corrected chi connectivity index (χ0v) is 18.9.